The van der Waals surface area contributed by atoms with Gasteiger partial charge in [0.05, 0.1) is 5.52 Å². The summed E-state index contributed by atoms with van der Waals surface area (Å²) in [5, 5.41) is 0. The van der Waals surface area contributed by atoms with Crippen LogP contribution < -0.4 is 11.1 Å². The van der Waals surface area contributed by atoms with Gasteiger partial charge < -0.3 is 9.97 Å². The van der Waals surface area contributed by atoms with E-state index >= 15 is 0 Å². The summed E-state index contributed by atoms with van der Waals surface area (Å²) in [6, 6.07) is 1.68. The molecular weight excluding hydrogens is 238 g/mol. The summed E-state index contributed by atoms with van der Waals surface area (Å²) in [5.74, 6) is 0. The molecule has 2 heterocycles. The minimum Gasteiger partial charge on any atom is -0.314 e. The summed E-state index contributed by atoms with van der Waals surface area (Å²) in [5.41, 5.74) is -0.523. The number of nitrogens with zero attached hydrogens (tertiary/aromatic N) is 1. The second kappa shape index (κ2) is 2.81. The molecule has 5 nitrogen and oxygen atoms in total. The molecule has 0 aliphatic carbocycles. The summed E-state index contributed by atoms with van der Waals surface area (Å²) < 4.78 is 0.686. The van der Waals surface area contributed by atoms with Crippen molar-refractivity contribution in [1.82, 2.24) is 15.0 Å². The first-order valence-corrected chi connectivity index (χ1v) is 4.24. The van der Waals surface area contributed by atoms with Crippen molar-refractivity contribution >= 4 is 27.1 Å². The zero-order valence-electron chi connectivity index (χ0n) is 6.30. The fourth-order valence-electron chi connectivity index (χ4n) is 0.987. The molecule has 6 heteroatoms. The van der Waals surface area contributed by atoms with E-state index in [1.807, 2.05) is 0 Å². The van der Waals surface area contributed by atoms with Gasteiger partial charge in [-0.25, -0.2) is 4.98 Å². The van der Waals surface area contributed by atoms with Crippen molar-refractivity contribution in [2.24, 2.45) is 0 Å². The van der Waals surface area contributed by atoms with Gasteiger partial charge in [-0.1, -0.05) is 0 Å². The van der Waals surface area contributed by atoms with Crippen LogP contribution in [-0.2, 0) is 0 Å². The van der Waals surface area contributed by atoms with Gasteiger partial charge in [0.2, 0.25) is 0 Å². The van der Waals surface area contributed by atoms with Gasteiger partial charge in [-0.3, -0.25) is 9.59 Å². The maximum Gasteiger partial charge on any atom is 0.315 e. The second-order valence-electron chi connectivity index (χ2n) is 2.42. The Morgan fingerprint density at radius 3 is 2.69 bits per heavy atom. The summed E-state index contributed by atoms with van der Waals surface area (Å²) in [7, 11) is 0. The van der Waals surface area contributed by atoms with Crippen molar-refractivity contribution in [3.63, 3.8) is 0 Å². The molecule has 0 radical (unpaired) electrons. The highest BCUT2D eigenvalue weighted by atomic mass is 79.9. The van der Waals surface area contributed by atoms with Crippen LogP contribution in [0.4, 0.5) is 0 Å². The van der Waals surface area contributed by atoms with Crippen LogP contribution in [0.1, 0.15) is 0 Å². The molecule has 2 aromatic rings. The van der Waals surface area contributed by atoms with E-state index in [9.17, 15) is 9.59 Å². The number of nitrogens with one attached hydrogen (secondary N) is 2. The third kappa shape index (κ3) is 1.29. The molecule has 13 heavy (non-hydrogen) atoms. The van der Waals surface area contributed by atoms with Gasteiger partial charge >= 0.3 is 11.1 Å². The topological polar surface area (TPSA) is 78.6 Å². The van der Waals surface area contributed by atoms with Gasteiger partial charge in [0.25, 0.3) is 0 Å². The number of pyridine rings is 1. The number of H-pyrrole nitrogens is 2. The van der Waals surface area contributed by atoms with Crippen molar-refractivity contribution in [3.8, 4) is 0 Å². The molecule has 0 spiro atoms. The minimum absolute atomic E-state index is 0.360. The summed E-state index contributed by atoms with van der Waals surface area (Å²) in [6.45, 7) is 0. The van der Waals surface area contributed by atoms with Gasteiger partial charge in [-0.2, -0.15) is 0 Å². The Morgan fingerprint density at radius 1 is 1.23 bits per heavy atom. The molecule has 0 saturated heterocycles. The number of hydrogen-bond acceptors (Lipinski definition) is 3. The molecule has 0 aliphatic heterocycles. The van der Waals surface area contributed by atoms with Gasteiger partial charge in [0.15, 0.2) is 5.65 Å². The molecule has 2 rings (SSSR count). The van der Waals surface area contributed by atoms with E-state index in [0.29, 0.717) is 15.6 Å². The van der Waals surface area contributed by atoms with Gasteiger partial charge in [0.1, 0.15) is 0 Å². The molecule has 0 fully saturated rings. The number of aromatic nitrogens is 3. The Labute approximate surface area is 80.0 Å². The minimum atomic E-state index is -0.696. The van der Waals surface area contributed by atoms with Crippen LogP contribution in [-0.4, -0.2) is 15.0 Å². The molecule has 0 aliphatic rings. The standard InChI is InChI=1S/C7H4BrN3O2/c8-3-1-2-9-5-4(3)10-6(12)7(13)11-5/h1-2H,(H,10,12)(H,9,11,13). The Bertz CT molecular complexity index is 572. The number of rotatable bonds is 0. The van der Waals surface area contributed by atoms with Crippen LogP contribution in [0.2, 0.25) is 0 Å². The van der Waals surface area contributed by atoms with Gasteiger partial charge in [-0.15, -0.1) is 0 Å². The smallest absolute Gasteiger partial charge is 0.314 e. The van der Waals surface area contributed by atoms with E-state index in [0.717, 1.165) is 0 Å². The van der Waals surface area contributed by atoms with Crippen LogP contribution in [0.3, 0.4) is 0 Å². The van der Waals surface area contributed by atoms with Crippen LogP contribution in [0.15, 0.2) is 26.3 Å². The third-order valence-corrected chi connectivity index (χ3v) is 2.24. The lowest BCUT2D eigenvalue weighted by atomic mass is 10.4. The SMILES string of the molecule is O=c1[nH]c2nccc(Br)c2[nH]c1=O. The normalized spacial score (nSPS) is 10.5. The third-order valence-electron chi connectivity index (χ3n) is 1.58. The highest BCUT2D eigenvalue weighted by Crippen LogP contribution is 2.15. The number of aromatic amines is 2. The molecule has 0 amide bonds. The average Bonchev–Trinajstić information content (AvgIpc) is 2.09. The first kappa shape index (κ1) is 8.18. The molecule has 66 valence electrons. The largest absolute Gasteiger partial charge is 0.315 e. The fourth-order valence-corrected chi connectivity index (χ4v) is 1.39. The van der Waals surface area contributed by atoms with Crippen molar-refractivity contribution in [3.05, 3.63) is 37.4 Å². The average molecular weight is 242 g/mol. The Balaban J connectivity index is 3.06. The molecule has 0 bridgehead atoms. The highest BCUT2D eigenvalue weighted by molar-refractivity contribution is 9.10. The first-order valence-electron chi connectivity index (χ1n) is 3.45. The first-order chi connectivity index (χ1) is 6.18. The maximum atomic E-state index is 10.9. The predicted octanol–water partition coefficient (Wildman–Crippen LogP) is 0.374. The van der Waals surface area contributed by atoms with E-state index in [1.165, 1.54) is 6.20 Å². The fraction of sp³-hybridized carbons (Fsp3) is 0. The van der Waals surface area contributed by atoms with Crippen LogP contribution in [0.25, 0.3) is 11.2 Å². The monoisotopic (exact) mass is 241 g/mol. The lowest BCUT2D eigenvalue weighted by Gasteiger charge is -1.96. The Kier molecular flexibility index (Phi) is 1.77. The number of hydrogen-bond donors (Lipinski definition) is 2. The number of halogens is 1. The molecular formula is C7H4BrN3O2. The zero-order valence-corrected chi connectivity index (χ0v) is 7.88. The molecule has 0 unspecified atom stereocenters. The van der Waals surface area contributed by atoms with Gasteiger partial charge in [-0.05, 0) is 22.0 Å². The lowest BCUT2D eigenvalue weighted by Crippen LogP contribution is -2.29. The van der Waals surface area contributed by atoms with Crippen LogP contribution >= 0.6 is 15.9 Å². The predicted molar refractivity (Wildman–Crippen MR) is 50.7 cm³/mol. The van der Waals surface area contributed by atoms with E-state index in [2.05, 4.69) is 30.9 Å². The highest BCUT2D eigenvalue weighted by Gasteiger charge is 2.02. The van der Waals surface area contributed by atoms with Crippen LogP contribution in [0.5, 0.6) is 0 Å². The van der Waals surface area contributed by atoms with Crippen molar-refractivity contribution in [2.75, 3.05) is 0 Å². The molecule has 0 aromatic carbocycles. The van der Waals surface area contributed by atoms with E-state index in [1.54, 1.807) is 6.07 Å². The molecule has 0 atom stereocenters. The van der Waals surface area contributed by atoms with E-state index in [4.69, 9.17) is 0 Å². The van der Waals surface area contributed by atoms with E-state index < -0.39 is 11.1 Å². The molecule has 2 aromatic heterocycles. The zero-order chi connectivity index (χ0) is 9.42. The molecule has 2 N–H and O–H groups in total. The number of fused-ring (bicyclic) bond motifs is 1. The molecule has 0 saturated carbocycles. The Morgan fingerprint density at radius 2 is 1.92 bits per heavy atom. The van der Waals surface area contributed by atoms with Crippen molar-refractivity contribution in [1.29, 1.82) is 0 Å². The van der Waals surface area contributed by atoms with Crippen molar-refractivity contribution < 1.29 is 0 Å². The van der Waals surface area contributed by atoms with Crippen LogP contribution in [0, 0.1) is 0 Å². The second-order valence-corrected chi connectivity index (χ2v) is 3.28. The van der Waals surface area contributed by atoms with Gasteiger partial charge in [0, 0.05) is 10.7 Å². The quantitative estimate of drug-likeness (QED) is 0.655. The Hall–Kier alpha value is -1.43. The maximum absolute atomic E-state index is 10.9. The van der Waals surface area contributed by atoms with Crippen molar-refractivity contribution in [2.45, 2.75) is 0 Å². The lowest BCUT2D eigenvalue weighted by molar-refractivity contribution is 1.11. The summed E-state index contributed by atoms with van der Waals surface area (Å²) in [4.78, 5) is 30.5. The summed E-state index contributed by atoms with van der Waals surface area (Å²) in [6.07, 6.45) is 1.53. The summed E-state index contributed by atoms with van der Waals surface area (Å²) >= 11 is 3.22. The van der Waals surface area contributed by atoms with E-state index in [-0.39, 0.29) is 0 Å².